The maximum Gasteiger partial charge on any atom is 0.293 e. The lowest BCUT2D eigenvalue weighted by atomic mass is 9.86. The Bertz CT molecular complexity index is 7660. The van der Waals surface area contributed by atoms with E-state index in [0.29, 0.717) is 166 Å². The fraction of sp³-hybridized carbons (Fsp3) is 0.369. The molecule has 780 valence electrons. The number of aromatic nitrogens is 14. The summed E-state index contributed by atoms with van der Waals surface area (Å²) in [5.41, 5.74) is 11.2. The Morgan fingerprint density at radius 2 is 0.767 bits per heavy atom. The number of aromatic amines is 4. The number of anilines is 1. The van der Waals surface area contributed by atoms with Crippen LogP contribution in [0.15, 0.2) is 182 Å². The molecule has 8 amide bonds. The fourth-order valence-electron chi connectivity index (χ4n) is 19.2. The van der Waals surface area contributed by atoms with E-state index in [1.807, 2.05) is 142 Å². The number of nitrogens with one attached hydrogen (secondary N) is 4. The maximum absolute atomic E-state index is 14.2. The summed E-state index contributed by atoms with van der Waals surface area (Å²) in [6.07, 6.45) is 6.08. The summed E-state index contributed by atoms with van der Waals surface area (Å²) in [5.74, 6) is -0.521. The van der Waals surface area contributed by atoms with Crippen molar-refractivity contribution in [2.45, 2.75) is 196 Å². The molecule has 0 saturated carbocycles. The van der Waals surface area contributed by atoms with Crippen LogP contribution in [0.2, 0.25) is 15.1 Å². The van der Waals surface area contributed by atoms with Gasteiger partial charge in [0.15, 0.2) is 45.4 Å². The predicted molar refractivity (Wildman–Crippen MR) is 567 cm³/mol. The first-order valence-electron chi connectivity index (χ1n) is 49.2. The van der Waals surface area contributed by atoms with Crippen LogP contribution in [-0.4, -0.2) is 246 Å². The van der Waals surface area contributed by atoms with Crippen LogP contribution < -0.4 is 4.90 Å². The van der Waals surface area contributed by atoms with Crippen LogP contribution >= 0.6 is 34.8 Å². The number of hydrogen-bond donors (Lipinski definition) is 4. The zero-order valence-corrected chi connectivity index (χ0v) is 90.0. The van der Waals surface area contributed by atoms with Crippen molar-refractivity contribution in [2.24, 2.45) is 0 Å². The molecule has 4 aliphatic rings. The molecule has 150 heavy (non-hydrogen) atoms. The van der Waals surface area contributed by atoms with Crippen molar-refractivity contribution < 1.29 is 64.8 Å². The number of rotatable bonds is 12. The van der Waals surface area contributed by atoms with E-state index >= 15 is 0 Å². The van der Waals surface area contributed by atoms with Gasteiger partial charge in [0.05, 0.1) is 62.5 Å². The molecule has 34 nitrogen and oxygen atoms in total. The summed E-state index contributed by atoms with van der Waals surface area (Å²) in [6, 6.07) is 40.3. The van der Waals surface area contributed by atoms with Crippen molar-refractivity contribution in [3.63, 3.8) is 0 Å². The normalized spacial score (nSPS) is 15.8. The molecule has 0 spiro atoms. The highest BCUT2D eigenvalue weighted by atomic mass is 35.5. The number of pyridine rings is 4. The Morgan fingerprint density at radius 3 is 1.11 bits per heavy atom. The quantitative estimate of drug-likeness (QED) is 0.0882. The van der Waals surface area contributed by atoms with Crippen LogP contribution in [0.5, 0.6) is 0 Å². The number of piperazine rings is 4. The van der Waals surface area contributed by atoms with Gasteiger partial charge in [-0.3, -0.25) is 53.7 Å². The van der Waals surface area contributed by atoms with E-state index in [1.165, 1.54) is 30.6 Å². The standard InChI is InChI=1S/C29H32ClN5O3.C28H31ClN6O3.C27H28ClFN6O3.C27H28FN5O3/c1-17-31-15-23(32-17)26(36)34-11-12-35(29(5,6)16-34)27(37)24-14-22-25(38-24)20(28(2,3)4)13-21(33-22)18-7-9-19(30)10-8-18;1-16-30-24(33-32-16)26(37)34-11-12-35(28(5,6)15-34)25(36)22-14-21-23(38-22)19(27(2,3)4)13-20(31-21)17-7-9-18(29)10-8-17;1-26(2,3)16-11-19(15-6-7-17(28)18(29)10-15)32-20-12-21(38-22(16)20)24(36)35-9-8-34(13-27(35,4)5)25(37)23-30-14-31-33-23;1-26(2,3)19-12-20(16-6-8-17(28)9-7-16)31-21-13-22(36-23(19)21)24(34)33-11-10-32(18-14-29-30-15-18)25(35)27(33,4)5/h7-10,13-15H,11-12,16H2,1-6H3,(H,31,32);7-10,13-14H,11-12,15H2,1-6H3,(H,30,32,33);6-7,10-12,14H,8-9,13H2,1-5H3,(H,30,31,33);6-9,12-15H,10-11H2,1-5H3,(H,29,30). The number of benzene rings is 4. The summed E-state index contributed by atoms with van der Waals surface area (Å²) in [5, 5.41) is 21.0. The highest BCUT2D eigenvalue weighted by Crippen LogP contribution is 2.44. The summed E-state index contributed by atoms with van der Waals surface area (Å²) in [4.78, 5) is 155. The monoisotopic (exact) mass is 2090 g/mol. The third kappa shape index (κ3) is 21.9. The van der Waals surface area contributed by atoms with Crippen molar-refractivity contribution in [2.75, 3.05) is 76.9 Å². The van der Waals surface area contributed by atoms with Crippen molar-refractivity contribution in [1.82, 2.24) is 105 Å². The topological polar surface area (TPSA) is 407 Å². The number of carbonyl (C=O) groups excluding carboxylic acids is 8. The molecule has 0 radical (unpaired) electrons. The molecule has 4 aromatic carbocycles. The number of halogens is 5. The van der Waals surface area contributed by atoms with Gasteiger partial charge in [0.2, 0.25) is 11.6 Å². The van der Waals surface area contributed by atoms with Gasteiger partial charge >= 0.3 is 0 Å². The molecule has 39 heteroatoms. The van der Waals surface area contributed by atoms with E-state index in [0.717, 1.165) is 50.3 Å². The second kappa shape index (κ2) is 40.4. The van der Waals surface area contributed by atoms with Gasteiger partial charge in [-0.05, 0) is 176 Å². The molecule has 0 bridgehead atoms. The van der Waals surface area contributed by atoms with Gasteiger partial charge in [-0.2, -0.15) is 10.2 Å². The van der Waals surface area contributed by atoms with E-state index in [4.69, 9.17) is 72.4 Å². The Balaban J connectivity index is 0.000000136. The summed E-state index contributed by atoms with van der Waals surface area (Å²) in [6.45, 7) is 47.4. The molecule has 20 rings (SSSR count). The first-order valence-corrected chi connectivity index (χ1v) is 50.4. The first kappa shape index (κ1) is 106. The lowest BCUT2D eigenvalue weighted by Crippen LogP contribution is -2.64. The van der Waals surface area contributed by atoms with E-state index < -0.39 is 28.0 Å². The number of amides is 8. The molecule has 4 N–H and O–H groups in total. The van der Waals surface area contributed by atoms with Crippen molar-refractivity contribution >= 4 is 132 Å². The lowest BCUT2D eigenvalue weighted by Gasteiger charge is -2.46. The average Bonchev–Trinajstić information content (AvgIpc) is 1.58. The molecular weight excluding hydrogens is 1980 g/mol. The molecule has 0 atom stereocenters. The van der Waals surface area contributed by atoms with Gasteiger partial charge < -0.3 is 61.9 Å². The van der Waals surface area contributed by atoms with Gasteiger partial charge in [0.1, 0.15) is 62.9 Å². The average molecular weight is 2100 g/mol. The number of fused-ring (bicyclic) bond motifs is 4. The van der Waals surface area contributed by atoms with E-state index in [-0.39, 0.29) is 114 Å². The number of hydrogen-bond acceptors (Lipinski definition) is 22. The van der Waals surface area contributed by atoms with Crippen LogP contribution in [0.4, 0.5) is 14.5 Å². The molecule has 16 aromatic rings. The number of aryl methyl sites for hydroxylation is 2. The third-order valence-electron chi connectivity index (χ3n) is 27.3. The number of imidazole rings is 1. The SMILES string of the molecule is CC(C)(C)c1cc(-c2ccc(Cl)c(F)c2)nc2cc(C(=O)N3CCN(C(=O)c4ncn[nH]4)CC3(C)C)oc12.CC(C)(C)c1cc(-c2ccc(F)cc2)nc2cc(C(=O)N3CCN(c4cn[nH]c4)C(=O)C3(C)C)oc12.Cc1nc(C(=O)N2CCN(C(=O)c3cc4nc(-c5ccc(Cl)cc5)cc(C(C)(C)C)c4o3)C(C)(C)C2)n[nH]1.Cc1ncc(C(=O)N2CCN(C(=O)c3cc4nc(-c5ccc(Cl)cc5)cc(C(C)(C)C)c4o3)C(C)(C)C2)[nH]1. The molecular formula is C111H119Cl3F2N22O12. The van der Waals surface area contributed by atoms with Crippen molar-refractivity contribution in [3.8, 4) is 45.0 Å². The van der Waals surface area contributed by atoms with E-state index in [9.17, 15) is 47.1 Å². The maximum atomic E-state index is 14.2. The van der Waals surface area contributed by atoms with Gasteiger partial charge in [0.25, 0.3) is 47.3 Å². The molecule has 12 aromatic heterocycles. The summed E-state index contributed by atoms with van der Waals surface area (Å²) >= 11 is 18.0. The largest absolute Gasteiger partial charge is 0.449 e. The zero-order valence-electron chi connectivity index (χ0n) is 87.7. The summed E-state index contributed by atoms with van der Waals surface area (Å²) < 4.78 is 52.4. The minimum atomic E-state index is -1.09. The first-order chi connectivity index (χ1) is 70.5. The van der Waals surface area contributed by atoms with Crippen LogP contribution in [0.3, 0.4) is 0 Å². The van der Waals surface area contributed by atoms with Crippen LogP contribution in [-0.2, 0) is 26.5 Å². The zero-order chi connectivity index (χ0) is 108. The molecule has 4 aliphatic heterocycles. The smallest absolute Gasteiger partial charge is 0.293 e. The lowest BCUT2D eigenvalue weighted by molar-refractivity contribution is -0.129. The second-order valence-electron chi connectivity index (χ2n) is 44.5. The van der Waals surface area contributed by atoms with E-state index in [2.05, 4.69) is 113 Å². The number of furan rings is 4. The molecule has 16 heterocycles. The Hall–Kier alpha value is -15.2. The van der Waals surface area contributed by atoms with Crippen molar-refractivity contribution in [3.05, 3.63) is 265 Å². The highest BCUT2D eigenvalue weighted by molar-refractivity contribution is 6.31. The second-order valence-corrected chi connectivity index (χ2v) is 45.8. The molecule has 0 unspecified atom stereocenters. The van der Waals surface area contributed by atoms with Gasteiger partial charge in [-0.25, -0.2) is 43.7 Å². The molecule has 4 fully saturated rings. The van der Waals surface area contributed by atoms with Crippen LogP contribution in [0.25, 0.3) is 89.4 Å². The Kier molecular flexibility index (Phi) is 28.6. The Morgan fingerprint density at radius 1 is 0.393 bits per heavy atom. The molecule has 0 aliphatic carbocycles. The van der Waals surface area contributed by atoms with Crippen LogP contribution in [0.1, 0.15) is 246 Å². The van der Waals surface area contributed by atoms with Crippen molar-refractivity contribution in [1.29, 1.82) is 0 Å². The number of H-pyrrole nitrogens is 4. The third-order valence-corrected chi connectivity index (χ3v) is 28.1. The fourth-order valence-corrected chi connectivity index (χ4v) is 19.6. The Labute approximate surface area is 879 Å². The van der Waals surface area contributed by atoms with Gasteiger partial charge in [0, 0.05) is 157 Å². The number of carbonyl (C=O) groups is 8. The predicted octanol–water partition coefficient (Wildman–Crippen LogP) is 21.1. The number of nitrogens with zero attached hydrogens (tertiary/aromatic N) is 18. The van der Waals surface area contributed by atoms with E-state index in [1.54, 1.807) is 121 Å². The molecule has 4 saturated heterocycles. The van der Waals surface area contributed by atoms with Gasteiger partial charge in [-0.1, -0.05) is 148 Å². The summed E-state index contributed by atoms with van der Waals surface area (Å²) in [7, 11) is 0. The minimum Gasteiger partial charge on any atom is -0.449 e. The van der Waals surface area contributed by atoms with Gasteiger partial charge in [-0.15, -0.1) is 5.10 Å². The minimum absolute atomic E-state index is 0.0345. The van der Waals surface area contributed by atoms with Crippen LogP contribution in [0, 0.1) is 25.5 Å². The highest BCUT2D eigenvalue weighted by Gasteiger charge is 2.49.